The van der Waals surface area contributed by atoms with Gasteiger partial charge in [-0.3, -0.25) is 0 Å². The first-order chi connectivity index (χ1) is 10.2. The van der Waals surface area contributed by atoms with Crippen LogP contribution in [-0.2, 0) is 11.5 Å². The molecule has 0 atom stereocenters. The van der Waals surface area contributed by atoms with Gasteiger partial charge in [-0.25, -0.2) is 9.97 Å². The molecule has 0 saturated heterocycles. The van der Waals surface area contributed by atoms with E-state index < -0.39 is 0 Å². The monoisotopic (exact) mass is 314 g/mol. The number of aromatic nitrogens is 3. The number of nitrogen functional groups attached to an aromatic ring is 1. The number of nitrogens with two attached hydrogens (primary N) is 1. The molecule has 104 valence electrons. The Balaban J connectivity index is 2.11. The molecule has 0 saturated carbocycles. The number of nitrogens with zero attached hydrogens (tertiary/aromatic N) is 3. The quantitative estimate of drug-likeness (QED) is 0.742. The molecule has 0 spiro atoms. The van der Waals surface area contributed by atoms with Crippen molar-refractivity contribution >= 4 is 40.1 Å². The Morgan fingerprint density at radius 1 is 1.14 bits per heavy atom. The number of thioether (sulfide) groups is 1. The lowest BCUT2D eigenvalue weighted by Crippen LogP contribution is -2.02. The topological polar surface area (TPSA) is 64.7 Å². The smallest absolute Gasteiger partial charge is 0.223 e. The van der Waals surface area contributed by atoms with Gasteiger partial charge >= 0.3 is 0 Å². The highest BCUT2D eigenvalue weighted by molar-refractivity contribution is 7.97. The van der Waals surface area contributed by atoms with Crippen molar-refractivity contribution in [3.05, 3.63) is 46.7 Å². The van der Waals surface area contributed by atoms with E-state index in [2.05, 4.69) is 33.2 Å². The van der Waals surface area contributed by atoms with E-state index in [9.17, 15) is 0 Å². The zero-order chi connectivity index (χ0) is 14.4. The molecule has 0 aliphatic carbocycles. The molecule has 1 aliphatic rings. The summed E-state index contributed by atoms with van der Waals surface area (Å²) < 4.78 is 0. The molecule has 6 heteroatoms. The molecule has 0 radical (unpaired) electrons. The van der Waals surface area contributed by atoms with Gasteiger partial charge in [-0.1, -0.05) is 29.8 Å². The number of benzene rings is 2. The van der Waals surface area contributed by atoms with E-state index in [0.29, 0.717) is 10.8 Å². The summed E-state index contributed by atoms with van der Waals surface area (Å²) in [6, 6.07) is 8.31. The van der Waals surface area contributed by atoms with Crippen molar-refractivity contribution in [3.8, 4) is 11.4 Å². The number of rotatable bonds is 1. The van der Waals surface area contributed by atoms with E-state index in [0.717, 1.165) is 22.5 Å². The molecule has 4 rings (SSSR count). The van der Waals surface area contributed by atoms with Crippen LogP contribution in [0.2, 0.25) is 5.02 Å². The fraction of sp³-hybridized carbons (Fsp3) is 0.133. The Hall–Kier alpha value is -1.85. The first-order valence-corrected chi connectivity index (χ1v) is 8.03. The van der Waals surface area contributed by atoms with Gasteiger partial charge in [0, 0.05) is 17.1 Å². The fourth-order valence-corrected chi connectivity index (χ4v) is 4.10. The van der Waals surface area contributed by atoms with Crippen molar-refractivity contribution in [2.75, 3.05) is 5.73 Å². The predicted molar refractivity (Wildman–Crippen MR) is 87.2 cm³/mol. The number of halogens is 1. The highest BCUT2D eigenvalue weighted by Crippen LogP contribution is 2.41. The molecular formula is C15H11ClN4S. The van der Waals surface area contributed by atoms with Gasteiger partial charge in [0.1, 0.15) is 6.33 Å². The Labute approximate surface area is 130 Å². The van der Waals surface area contributed by atoms with Gasteiger partial charge < -0.3 is 5.73 Å². The molecule has 0 bridgehead atoms. The van der Waals surface area contributed by atoms with E-state index in [1.165, 1.54) is 22.8 Å². The summed E-state index contributed by atoms with van der Waals surface area (Å²) in [6.45, 7) is 0. The van der Waals surface area contributed by atoms with Gasteiger partial charge in [0.05, 0.1) is 5.02 Å². The molecule has 0 unspecified atom stereocenters. The summed E-state index contributed by atoms with van der Waals surface area (Å²) in [5.74, 6) is 2.72. The van der Waals surface area contributed by atoms with Crippen molar-refractivity contribution in [3.63, 3.8) is 0 Å². The van der Waals surface area contributed by atoms with Crippen LogP contribution in [0.3, 0.4) is 0 Å². The summed E-state index contributed by atoms with van der Waals surface area (Å²) in [4.78, 5) is 12.3. The van der Waals surface area contributed by atoms with Crippen molar-refractivity contribution < 1.29 is 0 Å². The summed E-state index contributed by atoms with van der Waals surface area (Å²) >= 11 is 8.40. The van der Waals surface area contributed by atoms with E-state index >= 15 is 0 Å². The third kappa shape index (κ3) is 2.04. The average molecular weight is 315 g/mol. The van der Waals surface area contributed by atoms with Crippen molar-refractivity contribution in [2.24, 2.45) is 0 Å². The zero-order valence-electron chi connectivity index (χ0n) is 11.0. The van der Waals surface area contributed by atoms with Gasteiger partial charge in [0.15, 0.2) is 5.82 Å². The molecule has 2 heterocycles. The second kappa shape index (κ2) is 4.86. The number of anilines is 1. The van der Waals surface area contributed by atoms with Gasteiger partial charge in [0.2, 0.25) is 5.95 Å². The predicted octanol–water partition coefficient (Wildman–Crippen LogP) is 3.67. The second-order valence-corrected chi connectivity index (χ2v) is 6.29. The van der Waals surface area contributed by atoms with Crippen LogP contribution in [0.15, 0.2) is 30.6 Å². The minimum absolute atomic E-state index is 0.201. The fourth-order valence-electron chi connectivity index (χ4n) is 2.78. The highest BCUT2D eigenvalue weighted by atomic mass is 35.5. The van der Waals surface area contributed by atoms with Gasteiger partial charge in [-0.05, 0) is 28.0 Å². The Morgan fingerprint density at radius 2 is 2.00 bits per heavy atom. The van der Waals surface area contributed by atoms with Gasteiger partial charge in [-0.2, -0.15) is 16.7 Å². The third-order valence-corrected chi connectivity index (χ3v) is 4.94. The molecule has 3 aromatic rings. The third-order valence-electron chi connectivity index (χ3n) is 3.61. The molecular weight excluding hydrogens is 304 g/mol. The minimum atomic E-state index is 0.201. The van der Waals surface area contributed by atoms with Crippen LogP contribution < -0.4 is 5.73 Å². The Kier molecular flexibility index (Phi) is 2.97. The molecule has 2 N–H and O–H groups in total. The average Bonchev–Trinajstić information content (AvgIpc) is 2.47. The normalized spacial score (nSPS) is 13.6. The van der Waals surface area contributed by atoms with Crippen LogP contribution in [0, 0.1) is 0 Å². The van der Waals surface area contributed by atoms with Crippen molar-refractivity contribution in [1.82, 2.24) is 15.0 Å². The van der Waals surface area contributed by atoms with Crippen LogP contribution in [0.25, 0.3) is 22.2 Å². The molecule has 21 heavy (non-hydrogen) atoms. The van der Waals surface area contributed by atoms with Gasteiger partial charge in [0.25, 0.3) is 0 Å². The standard InChI is InChI=1S/C15H11ClN4S/c16-11-4-9-6-21-5-8-2-1-3-10(12(8)9)13(11)14-18-7-19-15(17)20-14/h1-4,7H,5-6H2,(H2,17,18,19,20). The van der Waals surface area contributed by atoms with Crippen LogP contribution in [0.4, 0.5) is 5.95 Å². The zero-order valence-corrected chi connectivity index (χ0v) is 12.6. The lowest BCUT2D eigenvalue weighted by atomic mass is 9.96. The maximum absolute atomic E-state index is 6.50. The lowest BCUT2D eigenvalue weighted by molar-refractivity contribution is 1.07. The number of hydrogen-bond donors (Lipinski definition) is 1. The molecule has 4 nitrogen and oxygen atoms in total. The Morgan fingerprint density at radius 3 is 2.86 bits per heavy atom. The molecule has 2 aromatic carbocycles. The molecule has 0 amide bonds. The van der Waals surface area contributed by atoms with Crippen LogP contribution in [0.5, 0.6) is 0 Å². The SMILES string of the molecule is Nc1ncnc(-c2c(Cl)cc3c4c(cccc24)CSC3)n1. The lowest BCUT2D eigenvalue weighted by Gasteiger charge is -2.19. The van der Waals surface area contributed by atoms with Gasteiger partial charge in [-0.15, -0.1) is 0 Å². The molecule has 1 aliphatic heterocycles. The summed E-state index contributed by atoms with van der Waals surface area (Å²) in [7, 11) is 0. The maximum Gasteiger partial charge on any atom is 0.223 e. The van der Waals surface area contributed by atoms with E-state index in [4.69, 9.17) is 17.3 Å². The number of hydrogen-bond acceptors (Lipinski definition) is 5. The maximum atomic E-state index is 6.50. The van der Waals surface area contributed by atoms with Crippen molar-refractivity contribution in [1.29, 1.82) is 0 Å². The van der Waals surface area contributed by atoms with Crippen LogP contribution in [-0.4, -0.2) is 15.0 Å². The minimum Gasteiger partial charge on any atom is -0.368 e. The summed E-state index contributed by atoms with van der Waals surface area (Å²) in [6.07, 6.45) is 1.42. The summed E-state index contributed by atoms with van der Waals surface area (Å²) in [5.41, 5.74) is 9.11. The largest absolute Gasteiger partial charge is 0.368 e. The summed E-state index contributed by atoms with van der Waals surface area (Å²) in [5, 5.41) is 3.01. The molecule has 0 fully saturated rings. The van der Waals surface area contributed by atoms with E-state index in [-0.39, 0.29) is 5.95 Å². The second-order valence-electron chi connectivity index (χ2n) is 4.89. The first kappa shape index (κ1) is 12.9. The van der Waals surface area contributed by atoms with E-state index in [1.54, 1.807) is 0 Å². The highest BCUT2D eigenvalue weighted by Gasteiger charge is 2.19. The van der Waals surface area contributed by atoms with Crippen LogP contribution in [0.1, 0.15) is 11.1 Å². The Bertz CT molecular complexity index is 866. The van der Waals surface area contributed by atoms with E-state index in [1.807, 2.05) is 17.8 Å². The molecule has 1 aromatic heterocycles. The first-order valence-electron chi connectivity index (χ1n) is 6.49. The van der Waals surface area contributed by atoms with Crippen LogP contribution >= 0.6 is 23.4 Å². The van der Waals surface area contributed by atoms with Crippen molar-refractivity contribution in [2.45, 2.75) is 11.5 Å².